The Labute approximate surface area is 189 Å². The summed E-state index contributed by atoms with van der Waals surface area (Å²) in [6.07, 6.45) is 3.22. The molecule has 1 fully saturated rings. The summed E-state index contributed by atoms with van der Waals surface area (Å²) < 4.78 is 0. The van der Waals surface area contributed by atoms with Gasteiger partial charge in [-0.15, -0.1) is 11.3 Å². The molecule has 0 bridgehead atoms. The topological polar surface area (TPSA) is 106 Å². The number of anilines is 1. The molecule has 3 atom stereocenters. The summed E-state index contributed by atoms with van der Waals surface area (Å²) in [4.78, 5) is 32.8. The molecule has 1 aliphatic carbocycles. The molecule has 0 spiro atoms. The van der Waals surface area contributed by atoms with E-state index < -0.39 is 0 Å². The number of carbonyl (C=O) groups is 2. The lowest BCUT2D eigenvalue weighted by Gasteiger charge is -2.45. The second-order valence-electron chi connectivity index (χ2n) is 8.93. The van der Waals surface area contributed by atoms with Crippen molar-refractivity contribution < 1.29 is 9.59 Å². The van der Waals surface area contributed by atoms with Crippen molar-refractivity contribution in [2.75, 3.05) is 53.1 Å². The molecule has 1 aromatic heterocycles. The molecule has 9 heteroatoms. The predicted molar refractivity (Wildman–Crippen MR) is 123 cm³/mol. The number of likely N-dealkylation sites (N-methyl/N-ethyl adjacent to an activating group) is 1. The fourth-order valence-electron chi connectivity index (χ4n) is 4.96. The number of nitriles is 1. The molecule has 0 radical (unpaired) electrons. The zero-order valence-corrected chi connectivity index (χ0v) is 19.8. The highest BCUT2D eigenvalue weighted by atomic mass is 32.1. The van der Waals surface area contributed by atoms with Gasteiger partial charge >= 0.3 is 6.03 Å². The van der Waals surface area contributed by atoms with Gasteiger partial charge in [0.1, 0.15) is 11.1 Å². The Kier molecular flexibility index (Phi) is 7.57. The molecule has 1 aromatic rings. The molecular weight excluding hydrogens is 412 g/mol. The van der Waals surface area contributed by atoms with Crippen LogP contribution in [0.1, 0.15) is 35.8 Å². The highest BCUT2D eigenvalue weighted by Gasteiger charge is 2.42. The van der Waals surface area contributed by atoms with Crippen LogP contribution in [0.15, 0.2) is 0 Å². The van der Waals surface area contributed by atoms with Crippen molar-refractivity contribution in [1.82, 2.24) is 20.0 Å². The van der Waals surface area contributed by atoms with Crippen LogP contribution in [0, 0.1) is 23.2 Å². The number of nitrogens with zero attached hydrogens (tertiary/aromatic N) is 4. The van der Waals surface area contributed by atoms with Crippen LogP contribution in [0.4, 0.5) is 9.80 Å². The molecular formula is C22H34N6O2S. The number of imide groups is 1. The molecule has 170 valence electrons. The summed E-state index contributed by atoms with van der Waals surface area (Å²) in [5, 5.41) is 13.0. The van der Waals surface area contributed by atoms with Gasteiger partial charge in [0.15, 0.2) is 0 Å². The number of nitrogens with two attached hydrogens (primary N) is 1. The summed E-state index contributed by atoms with van der Waals surface area (Å²) in [6.45, 7) is 4.28. The SMILES string of the molecule is CCN(C(=O)NCCCN(C)C)C(=O)[C@@H]1C[C@@H]2Cc3c(sc(N)c3C#N)C[C@H]2N(C)C1. The number of rotatable bonds is 6. The molecule has 8 nitrogen and oxygen atoms in total. The first-order valence-electron chi connectivity index (χ1n) is 11.0. The molecule has 0 aromatic carbocycles. The van der Waals surface area contributed by atoms with E-state index in [1.165, 1.54) is 21.1 Å². The minimum atomic E-state index is -0.306. The predicted octanol–water partition coefficient (Wildman–Crippen LogP) is 1.75. The molecule has 1 aliphatic heterocycles. The van der Waals surface area contributed by atoms with Gasteiger partial charge in [0.25, 0.3) is 0 Å². The van der Waals surface area contributed by atoms with E-state index >= 15 is 0 Å². The van der Waals surface area contributed by atoms with E-state index in [2.05, 4.69) is 28.2 Å². The average Bonchev–Trinajstić information content (AvgIpc) is 3.03. The lowest BCUT2D eigenvalue weighted by atomic mass is 9.74. The van der Waals surface area contributed by atoms with Crippen molar-refractivity contribution in [3.8, 4) is 6.07 Å². The lowest BCUT2D eigenvalue weighted by molar-refractivity contribution is -0.135. The smallest absolute Gasteiger partial charge is 0.324 e. The molecule has 0 unspecified atom stereocenters. The van der Waals surface area contributed by atoms with Crippen LogP contribution in [0.3, 0.4) is 0 Å². The van der Waals surface area contributed by atoms with Crippen molar-refractivity contribution >= 4 is 28.3 Å². The Morgan fingerprint density at radius 2 is 2.10 bits per heavy atom. The van der Waals surface area contributed by atoms with Gasteiger partial charge in [-0.05, 0) is 71.8 Å². The number of hydrogen-bond donors (Lipinski definition) is 2. The van der Waals surface area contributed by atoms with Gasteiger partial charge in [-0.2, -0.15) is 5.26 Å². The fourth-order valence-corrected chi connectivity index (χ4v) is 6.05. The van der Waals surface area contributed by atoms with E-state index in [1.807, 2.05) is 21.0 Å². The first-order valence-corrected chi connectivity index (χ1v) is 11.8. The zero-order valence-electron chi connectivity index (χ0n) is 19.0. The largest absolute Gasteiger partial charge is 0.389 e. The van der Waals surface area contributed by atoms with E-state index in [0.29, 0.717) is 36.2 Å². The van der Waals surface area contributed by atoms with Crippen molar-refractivity contribution in [2.45, 2.75) is 38.6 Å². The van der Waals surface area contributed by atoms with Crippen LogP contribution in [0.25, 0.3) is 0 Å². The van der Waals surface area contributed by atoms with Gasteiger partial charge in [0, 0.05) is 30.6 Å². The number of likely N-dealkylation sites (tertiary alicyclic amines) is 1. The zero-order chi connectivity index (χ0) is 22.7. The number of carbonyl (C=O) groups excluding carboxylic acids is 2. The van der Waals surface area contributed by atoms with Crippen LogP contribution >= 0.6 is 11.3 Å². The third-order valence-electron chi connectivity index (χ3n) is 6.53. The number of fused-ring (bicyclic) bond motifs is 2. The number of amides is 3. The minimum absolute atomic E-state index is 0.103. The summed E-state index contributed by atoms with van der Waals surface area (Å²) in [5.74, 6) is -0.0426. The maximum Gasteiger partial charge on any atom is 0.324 e. The van der Waals surface area contributed by atoms with Crippen LogP contribution < -0.4 is 11.1 Å². The first-order chi connectivity index (χ1) is 14.8. The minimum Gasteiger partial charge on any atom is -0.389 e. The Hall–Kier alpha value is -2.15. The molecule has 3 amide bonds. The fraction of sp³-hybridized carbons (Fsp3) is 0.682. The molecule has 1 saturated heterocycles. The maximum atomic E-state index is 13.3. The molecule has 2 heterocycles. The van der Waals surface area contributed by atoms with Gasteiger partial charge in [0.05, 0.1) is 11.5 Å². The van der Waals surface area contributed by atoms with Gasteiger partial charge in [-0.25, -0.2) is 4.79 Å². The number of nitrogens with one attached hydrogen (secondary N) is 1. The third-order valence-corrected chi connectivity index (χ3v) is 7.61. The van der Waals surface area contributed by atoms with Crippen molar-refractivity contribution in [2.24, 2.45) is 11.8 Å². The quantitative estimate of drug-likeness (QED) is 0.645. The Morgan fingerprint density at radius 1 is 1.35 bits per heavy atom. The van der Waals surface area contributed by atoms with Gasteiger partial charge in [-0.3, -0.25) is 9.69 Å². The van der Waals surface area contributed by atoms with E-state index in [9.17, 15) is 14.9 Å². The van der Waals surface area contributed by atoms with Gasteiger partial charge < -0.3 is 20.9 Å². The van der Waals surface area contributed by atoms with Gasteiger partial charge in [-0.1, -0.05) is 0 Å². The van der Waals surface area contributed by atoms with Crippen molar-refractivity contribution in [1.29, 1.82) is 5.26 Å². The molecule has 31 heavy (non-hydrogen) atoms. The highest BCUT2D eigenvalue weighted by molar-refractivity contribution is 7.16. The molecule has 0 saturated carbocycles. The van der Waals surface area contributed by atoms with Crippen LogP contribution in [0.2, 0.25) is 0 Å². The monoisotopic (exact) mass is 446 g/mol. The Balaban J connectivity index is 1.66. The summed E-state index contributed by atoms with van der Waals surface area (Å²) >= 11 is 1.53. The number of piperidine rings is 1. The van der Waals surface area contributed by atoms with Crippen LogP contribution in [0.5, 0.6) is 0 Å². The van der Waals surface area contributed by atoms with Gasteiger partial charge in [0.2, 0.25) is 5.91 Å². The number of nitrogen functional groups attached to an aromatic ring is 1. The highest BCUT2D eigenvalue weighted by Crippen LogP contribution is 2.42. The van der Waals surface area contributed by atoms with E-state index in [0.717, 1.165) is 37.8 Å². The number of urea groups is 1. The van der Waals surface area contributed by atoms with Crippen LogP contribution in [-0.4, -0.2) is 80.0 Å². The standard InChI is InChI=1S/C22H34N6O2S/c1-5-28(22(30)25-7-6-8-26(2)3)21(29)15-9-14-10-16-17(12-23)20(24)31-19(16)11-18(14)27(4)13-15/h14-15,18H,5-11,13,24H2,1-4H3,(H,25,30)/t14-,15-,18-/m1/s1. The lowest BCUT2D eigenvalue weighted by Crippen LogP contribution is -2.55. The normalized spacial score (nSPS) is 23.0. The molecule has 2 aliphatic rings. The number of hydrogen-bond acceptors (Lipinski definition) is 7. The first kappa shape index (κ1) is 23.5. The Bertz CT molecular complexity index is 861. The average molecular weight is 447 g/mol. The maximum absolute atomic E-state index is 13.3. The van der Waals surface area contributed by atoms with Crippen molar-refractivity contribution in [3.05, 3.63) is 16.0 Å². The second-order valence-corrected chi connectivity index (χ2v) is 10.1. The molecule has 3 N–H and O–H groups in total. The Morgan fingerprint density at radius 3 is 2.74 bits per heavy atom. The molecule has 3 rings (SSSR count). The van der Waals surface area contributed by atoms with E-state index in [4.69, 9.17) is 5.73 Å². The summed E-state index contributed by atoms with van der Waals surface area (Å²) in [7, 11) is 6.05. The number of thiophene rings is 1. The summed E-state index contributed by atoms with van der Waals surface area (Å²) in [6, 6.07) is 2.30. The van der Waals surface area contributed by atoms with Crippen LogP contribution in [-0.2, 0) is 17.6 Å². The van der Waals surface area contributed by atoms with E-state index in [-0.39, 0.29) is 23.8 Å². The van der Waals surface area contributed by atoms with Crippen molar-refractivity contribution in [3.63, 3.8) is 0 Å². The van der Waals surface area contributed by atoms with E-state index in [1.54, 1.807) is 0 Å². The third kappa shape index (κ3) is 5.03. The second kappa shape index (κ2) is 9.98. The summed E-state index contributed by atoms with van der Waals surface area (Å²) in [5.41, 5.74) is 7.74.